The highest BCUT2D eigenvalue weighted by Gasteiger charge is 2.16. The van der Waals surface area contributed by atoms with E-state index < -0.39 is 6.10 Å². The van der Waals surface area contributed by atoms with Crippen molar-refractivity contribution in [2.24, 2.45) is 0 Å². The van der Waals surface area contributed by atoms with Gasteiger partial charge in [-0.1, -0.05) is 30.1 Å². The van der Waals surface area contributed by atoms with E-state index in [2.05, 4.69) is 12.2 Å². The van der Waals surface area contributed by atoms with Gasteiger partial charge < -0.3 is 15.2 Å². The van der Waals surface area contributed by atoms with Gasteiger partial charge in [0.15, 0.2) is 0 Å². The van der Waals surface area contributed by atoms with Crippen molar-refractivity contribution < 1.29 is 9.84 Å². The van der Waals surface area contributed by atoms with E-state index in [0.717, 1.165) is 18.5 Å². The molecule has 0 saturated carbocycles. The lowest BCUT2D eigenvalue weighted by molar-refractivity contribution is 0.0598. The summed E-state index contributed by atoms with van der Waals surface area (Å²) in [4.78, 5) is 0. The third-order valence-corrected chi connectivity index (χ3v) is 3.31. The standard InChI is InChI=1S/C14H21Cl2NO2/c1-4-5-17-8-11-6-12(15)7-13(16)14(11)19-10(3)9(2)18/h6-7,9-10,17-18H,4-5,8H2,1-3H3. The number of hydrogen-bond acceptors (Lipinski definition) is 3. The van der Waals surface area contributed by atoms with Crippen molar-refractivity contribution >= 4 is 23.2 Å². The van der Waals surface area contributed by atoms with Crippen LogP contribution in [0.4, 0.5) is 0 Å². The molecule has 0 aliphatic rings. The van der Waals surface area contributed by atoms with Crippen molar-refractivity contribution in [2.75, 3.05) is 6.54 Å². The van der Waals surface area contributed by atoms with Crippen LogP contribution in [0.3, 0.4) is 0 Å². The van der Waals surface area contributed by atoms with Gasteiger partial charge in [0.1, 0.15) is 11.9 Å². The van der Waals surface area contributed by atoms with E-state index in [1.165, 1.54) is 0 Å². The van der Waals surface area contributed by atoms with Crippen molar-refractivity contribution in [1.82, 2.24) is 5.32 Å². The first-order valence-electron chi connectivity index (χ1n) is 6.49. The Bertz CT molecular complexity index is 411. The molecule has 19 heavy (non-hydrogen) atoms. The van der Waals surface area contributed by atoms with Crippen molar-refractivity contribution in [1.29, 1.82) is 0 Å². The third-order valence-electron chi connectivity index (χ3n) is 2.81. The van der Waals surface area contributed by atoms with Gasteiger partial charge in [-0.2, -0.15) is 0 Å². The van der Waals surface area contributed by atoms with Crippen LogP contribution in [0.2, 0.25) is 10.0 Å². The fourth-order valence-corrected chi connectivity index (χ4v) is 2.14. The van der Waals surface area contributed by atoms with Crippen LogP contribution in [0.15, 0.2) is 12.1 Å². The van der Waals surface area contributed by atoms with E-state index in [-0.39, 0.29) is 6.10 Å². The van der Waals surface area contributed by atoms with E-state index in [0.29, 0.717) is 22.3 Å². The van der Waals surface area contributed by atoms with E-state index in [9.17, 15) is 5.11 Å². The molecule has 2 N–H and O–H groups in total. The lowest BCUT2D eigenvalue weighted by Crippen LogP contribution is -2.26. The second-order valence-corrected chi connectivity index (χ2v) is 5.46. The lowest BCUT2D eigenvalue weighted by atomic mass is 10.2. The van der Waals surface area contributed by atoms with E-state index in [1.807, 2.05) is 6.07 Å². The fourth-order valence-electron chi connectivity index (χ4n) is 1.56. The highest BCUT2D eigenvalue weighted by molar-refractivity contribution is 6.35. The topological polar surface area (TPSA) is 41.5 Å². The summed E-state index contributed by atoms with van der Waals surface area (Å²) in [5.74, 6) is 0.586. The van der Waals surface area contributed by atoms with Gasteiger partial charge in [0.05, 0.1) is 11.1 Å². The molecule has 5 heteroatoms. The molecule has 3 nitrogen and oxygen atoms in total. The number of nitrogens with one attached hydrogen (secondary N) is 1. The minimum absolute atomic E-state index is 0.330. The zero-order valence-corrected chi connectivity index (χ0v) is 13.1. The van der Waals surface area contributed by atoms with Crippen LogP contribution in [-0.4, -0.2) is 23.9 Å². The zero-order chi connectivity index (χ0) is 14.4. The fraction of sp³-hybridized carbons (Fsp3) is 0.571. The molecule has 0 spiro atoms. The van der Waals surface area contributed by atoms with Crippen molar-refractivity contribution in [3.05, 3.63) is 27.7 Å². The number of halogens is 2. The highest BCUT2D eigenvalue weighted by atomic mass is 35.5. The molecule has 1 aromatic carbocycles. The highest BCUT2D eigenvalue weighted by Crippen LogP contribution is 2.33. The molecule has 1 aromatic rings. The largest absolute Gasteiger partial charge is 0.486 e. The SMILES string of the molecule is CCCNCc1cc(Cl)cc(Cl)c1OC(C)C(C)O. The number of ether oxygens (including phenoxy) is 1. The van der Waals surface area contributed by atoms with Gasteiger partial charge in [-0.15, -0.1) is 0 Å². The molecule has 0 aromatic heterocycles. The molecular formula is C14H21Cl2NO2. The van der Waals surface area contributed by atoms with Crippen LogP contribution in [0.5, 0.6) is 5.75 Å². The summed E-state index contributed by atoms with van der Waals surface area (Å²) in [6.07, 6.45) is 0.154. The molecule has 0 fully saturated rings. The summed E-state index contributed by atoms with van der Waals surface area (Å²) >= 11 is 12.2. The number of rotatable bonds is 7. The molecule has 0 bridgehead atoms. The summed E-state index contributed by atoms with van der Waals surface area (Å²) in [5, 5.41) is 13.9. The lowest BCUT2D eigenvalue weighted by Gasteiger charge is -2.21. The average molecular weight is 306 g/mol. The first kappa shape index (κ1) is 16.6. The maximum absolute atomic E-state index is 9.52. The van der Waals surface area contributed by atoms with Crippen LogP contribution in [-0.2, 0) is 6.54 Å². The summed E-state index contributed by atoms with van der Waals surface area (Å²) in [5.41, 5.74) is 0.901. The second-order valence-electron chi connectivity index (χ2n) is 4.62. The van der Waals surface area contributed by atoms with Gasteiger partial charge in [-0.3, -0.25) is 0 Å². The quantitative estimate of drug-likeness (QED) is 0.756. The molecule has 2 unspecified atom stereocenters. The minimum atomic E-state index is -0.566. The van der Waals surface area contributed by atoms with E-state index in [1.54, 1.807) is 19.9 Å². The molecule has 0 aliphatic heterocycles. The molecule has 0 heterocycles. The Labute approximate surface area is 124 Å². The summed E-state index contributed by atoms with van der Waals surface area (Å²) < 4.78 is 5.74. The Hall–Kier alpha value is -0.480. The predicted molar refractivity (Wildman–Crippen MR) is 80.2 cm³/mol. The Morgan fingerprint density at radius 1 is 1.32 bits per heavy atom. The zero-order valence-electron chi connectivity index (χ0n) is 11.5. The Morgan fingerprint density at radius 3 is 2.58 bits per heavy atom. The minimum Gasteiger partial charge on any atom is -0.486 e. The van der Waals surface area contributed by atoms with Crippen LogP contribution in [0.25, 0.3) is 0 Å². The van der Waals surface area contributed by atoms with Crippen molar-refractivity contribution in [3.63, 3.8) is 0 Å². The van der Waals surface area contributed by atoms with Crippen LogP contribution in [0.1, 0.15) is 32.8 Å². The van der Waals surface area contributed by atoms with Crippen LogP contribution >= 0.6 is 23.2 Å². The third kappa shape index (κ3) is 5.19. The van der Waals surface area contributed by atoms with Gasteiger partial charge in [0, 0.05) is 17.1 Å². The van der Waals surface area contributed by atoms with Crippen LogP contribution in [0, 0.1) is 0 Å². The first-order chi connectivity index (χ1) is 8.95. The Balaban J connectivity index is 2.92. The van der Waals surface area contributed by atoms with Gasteiger partial charge in [0.25, 0.3) is 0 Å². The number of hydrogen-bond donors (Lipinski definition) is 2. The molecule has 2 atom stereocenters. The Morgan fingerprint density at radius 2 is 2.00 bits per heavy atom. The van der Waals surface area contributed by atoms with Gasteiger partial charge in [-0.25, -0.2) is 0 Å². The predicted octanol–water partition coefficient (Wildman–Crippen LogP) is 3.64. The first-order valence-corrected chi connectivity index (χ1v) is 7.24. The molecule has 108 valence electrons. The van der Waals surface area contributed by atoms with E-state index in [4.69, 9.17) is 27.9 Å². The molecule has 1 rings (SSSR count). The van der Waals surface area contributed by atoms with Gasteiger partial charge in [0.2, 0.25) is 0 Å². The summed E-state index contributed by atoms with van der Waals surface area (Å²) in [6.45, 7) is 7.14. The van der Waals surface area contributed by atoms with Crippen LogP contribution < -0.4 is 10.1 Å². The smallest absolute Gasteiger partial charge is 0.143 e. The van der Waals surface area contributed by atoms with Crippen molar-refractivity contribution in [2.45, 2.75) is 45.9 Å². The normalized spacial score (nSPS) is 14.2. The molecule has 0 saturated heterocycles. The summed E-state index contributed by atoms with van der Waals surface area (Å²) in [6, 6.07) is 3.48. The number of benzene rings is 1. The molecule has 0 aliphatic carbocycles. The van der Waals surface area contributed by atoms with Gasteiger partial charge >= 0.3 is 0 Å². The molecule has 0 amide bonds. The maximum atomic E-state index is 9.52. The number of aliphatic hydroxyl groups excluding tert-OH is 1. The number of aliphatic hydroxyl groups is 1. The summed E-state index contributed by atoms with van der Waals surface area (Å²) in [7, 11) is 0. The average Bonchev–Trinajstić information content (AvgIpc) is 2.33. The maximum Gasteiger partial charge on any atom is 0.143 e. The second kappa shape index (κ2) is 7.95. The van der Waals surface area contributed by atoms with E-state index >= 15 is 0 Å². The molecule has 0 radical (unpaired) electrons. The molecular weight excluding hydrogens is 285 g/mol. The van der Waals surface area contributed by atoms with Crippen molar-refractivity contribution in [3.8, 4) is 5.75 Å². The monoisotopic (exact) mass is 305 g/mol. The van der Waals surface area contributed by atoms with Gasteiger partial charge in [-0.05, 0) is 38.9 Å². The Kier molecular flexibility index (Phi) is 6.94.